The first-order chi connectivity index (χ1) is 15.2. The Kier molecular flexibility index (Phi) is 13.4. The molecule has 2 fully saturated rings. The van der Waals surface area contributed by atoms with Crippen molar-refractivity contribution >= 4 is 0 Å². The Hall–Kier alpha value is -1.21. The van der Waals surface area contributed by atoms with Crippen molar-refractivity contribution in [1.82, 2.24) is 0 Å². The van der Waals surface area contributed by atoms with Crippen LogP contribution in [0.15, 0.2) is 5.11 Å². The summed E-state index contributed by atoms with van der Waals surface area (Å²) >= 11 is 0. The predicted molar refractivity (Wildman–Crippen MR) is 103 cm³/mol. The summed E-state index contributed by atoms with van der Waals surface area (Å²) in [5, 5.41) is 77.6. The standard InChI is InChI=1S/C8H15N3O6.C8H17NO6/c9-11-10-1-2-16-8-7(15)6(14)5(13)4(3-12)17-8;9-1-2-14-8-7(13)6(12)5(11)4(3-10)15-8/h4-8,12-15H,1-3H2;4-8,10-13H,1-3,9H2/t2*4-,5-,6+,7+,8+/m11/s1. The molecule has 2 rings (SSSR count). The minimum atomic E-state index is -1.47. The molecule has 10 atom stereocenters. The van der Waals surface area contributed by atoms with Gasteiger partial charge >= 0.3 is 0 Å². The highest BCUT2D eigenvalue weighted by atomic mass is 16.7. The molecule has 0 saturated carbocycles. The van der Waals surface area contributed by atoms with E-state index in [1.165, 1.54) is 0 Å². The number of nitrogens with zero attached hydrogens (tertiary/aromatic N) is 3. The number of aliphatic hydroxyl groups is 8. The molecule has 32 heavy (non-hydrogen) atoms. The molecule has 0 bridgehead atoms. The van der Waals surface area contributed by atoms with Crippen LogP contribution in [0.25, 0.3) is 10.4 Å². The van der Waals surface area contributed by atoms with E-state index in [0.29, 0.717) is 0 Å². The largest absolute Gasteiger partial charge is 0.394 e. The maximum atomic E-state index is 9.53. The Labute approximate surface area is 182 Å². The van der Waals surface area contributed by atoms with E-state index >= 15 is 0 Å². The second kappa shape index (κ2) is 14.8. The molecule has 0 radical (unpaired) electrons. The second-order valence-electron chi connectivity index (χ2n) is 6.88. The molecule has 2 aliphatic heterocycles. The first-order valence-electron chi connectivity index (χ1n) is 9.78. The van der Waals surface area contributed by atoms with Crippen LogP contribution in [0.3, 0.4) is 0 Å². The number of rotatable bonds is 9. The van der Waals surface area contributed by atoms with Crippen LogP contribution in [0.4, 0.5) is 0 Å². The van der Waals surface area contributed by atoms with Gasteiger partial charge < -0.3 is 65.5 Å². The van der Waals surface area contributed by atoms with Crippen LogP contribution in [-0.4, -0.2) is 142 Å². The van der Waals surface area contributed by atoms with Crippen molar-refractivity contribution in [1.29, 1.82) is 0 Å². The van der Waals surface area contributed by atoms with Gasteiger partial charge in [0.05, 0.1) is 26.4 Å². The molecular formula is C16H32N4O12. The summed E-state index contributed by atoms with van der Waals surface area (Å²) in [6.45, 7) is -0.537. The Morgan fingerprint density at radius 2 is 1.19 bits per heavy atom. The lowest BCUT2D eigenvalue weighted by Gasteiger charge is -2.39. The van der Waals surface area contributed by atoms with Crippen LogP contribution in [0, 0.1) is 0 Å². The molecule has 16 heteroatoms. The summed E-state index contributed by atoms with van der Waals surface area (Å²) in [5.74, 6) is 0. The van der Waals surface area contributed by atoms with Gasteiger partial charge in [0, 0.05) is 18.0 Å². The van der Waals surface area contributed by atoms with Gasteiger partial charge in [0.1, 0.15) is 48.8 Å². The van der Waals surface area contributed by atoms with E-state index in [1.807, 2.05) is 0 Å². The third kappa shape index (κ3) is 7.98. The molecule has 0 aromatic carbocycles. The Bertz CT molecular complexity index is 567. The van der Waals surface area contributed by atoms with Crippen LogP contribution in [0.5, 0.6) is 0 Å². The van der Waals surface area contributed by atoms with Gasteiger partial charge in [-0.05, 0) is 5.53 Å². The summed E-state index contributed by atoms with van der Waals surface area (Å²) in [7, 11) is 0. The van der Waals surface area contributed by atoms with Gasteiger partial charge in [-0.25, -0.2) is 0 Å². The van der Waals surface area contributed by atoms with E-state index < -0.39 is 74.6 Å². The van der Waals surface area contributed by atoms with Crippen molar-refractivity contribution in [3.8, 4) is 0 Å². The highest BCUT2D eigenvalue weighted by Gasteiger charge is 2.44. The first-order valence-corrected chi connectivity index (χ1v) is 9.78. The zero-order valence-electron chi connectivity index (χ0n) is 17.1. The fraction of sp³-hybridized carbons (Fsp3) is 1.00. The minimum Gasteiger partial charge on any atom is -0.394 e. The molecule has 2 aliphatic rings. The van der Waals surface area contributed by atoms with E-state index in [2.05, 4.69) is 10.0 Å². The molecule has 0 aliphatic carbocycles. The normalized spacial score (nSPS) is 39.5. The highest BCUT2D eigenvalue weighted by Crippen LogP contribution is 2.22. The Balaban J connectivity index is 0.000000323. The molecule has 0 amide bonds. The van der Waals surface area contributed by atoms with Crippen LogP contribution in [0.2, 0.25) is 0 Å². The number of nitrogens with two attached hydrogens (primary N) is 1. The Morgan fingerprint density at radius 1 is 0.750 bits per heavy atom. The van der Waals surface area contributed by atoms with Gasteiger partial charge in [-0.1, -0.05) is 5.11 Å². The van der Waals surface area contributed by atoms with Gasteiger partial charge in [-0.3, -0.25) is 0 Å². The number of aliphatic hydroxyl groups excluding tert-OH is 8. The molecule has 0 aromatic heterocycles. The van der Waals surface area contributed by atoms with Crippen molar-refractivity contribution in [2.75, 3.05) is 39.5 Å². The van der Waals surface area contributed by atoms with Gasteiger partial charge in [-0.2, -0.15) is 0 Å². The molecule has 0 aromatic rings. The van der Waals surface area contributed by atoms with E-state index in [-0.39, 0.29) is 26.3 Å². The zero-order chi connectivity index (χ0) is 24.3. The quantitative estimate of drug-likeness (QED) is 0.0658. The maximum Gasteiger partial charge on any atom is 0.186 e. The average Bonchev–Trinajstić information content (AvgIpc) is 2.80. The van der Waals surface area contributed by atoms with Crippen LogP contribution < -0.4 is 5.73 Å². The predicted octanol–water partition coefficient (Wildman–Crippen LogP) is -5.13. The molecule has 2 saturated heterocycles. The molecule has 0 spiro atoms. The van der Waals surface area contributed by atoms with Crippen LogP contribution >= 0.6 is 0 Å². The molecule has 0 unspecified atom stereocenters. The minimum absolute atomic E-state index is 0.00719. The van der Waals surface area contributed by atoms with Crippen molar-refractivity contribution in [3.05, 3.63) is 10.4 Å². The molecular weight excluding hydrogens is 440 g/mol. The molecule has 10 N–H and O–H groups in total. The zero-order valence-corrected chi connectivity index (χ0v) is 17.1. The average molecular weight is 472 g/mol. The lowest BCUT2D eigenvalue weighted by atomic mass is 9.99. The lowest BCUT2D eigenvalue weighted by Crippen LogP contribution is -2.59. The fourth-order valence-corrected chi connectivity index (χ4v) is 2.85. The molecule has 2 heterocycles. The maximum absolute atomic E-state index is 9.53. The number of ether oxygens (including phenoxy) is 4. The summed E-state index contributed by atoms with van der Waals surface area (Å²) in [5.41, 5.74) is 13.2. The second-order valence-corrected chi connectivity index (χ2v) is 6.88. The lowest BCUT2D eigenvalue weighted by molar-refractivity contribution is -0.300. The van der Waals surface area contributed by atoms with E-state index in [4.69, 9.17) is 40.4 Å². The van der Waals surface area contributed by atoms with Crippen molar-refractivity contribution < 1.29 is 59.8 Å². The fourth-order valence-electron chi connectivity index (χ4n) is 2.85. The van der Waals surface area contributed by atoms with E-state index in [0.717, 1.165) is 0 Å². The van der Waals surface area contributed by atoms with Crippen LogP contribution in [-0.2, 0) is 18.9 Å². The summed E-state index contributed by atoms with van der Waals surface area (Å²) in [6, 6.07) is 0. The molecule has 188 valence electrons. The van der Waals surface area contributed by atoms with Crippen LogP contribution in [0.1, 0.15) is 0 Å². The SMILES string of the molecule is NCCO[C@H]1O[C@H](CO)[C@@H](O)[C@H](O)[C@@H]1O.[N-]=[N+]=NCCO[C@H]1O[C@H](CO)[C@@H](O)[C@H](O)[C@@H]1O. The van der Waals surface area contributed by atoms with Gasteiger partial charge in [0.25, 0.3) is 0 Å². The van der Waals surface area contributed by atoms with Crippen molar-refractivity contribution in [2.45, 2.75) is 61.4 Å². The third-order valence-corrected chi connectivity index (χ3v) is 4.63. The number of azide groups is 1. The summed E-state index contributed by atoms with van der Waals surface area (Å²) < 4.78 is 20.1. The van der Waals surface area contributed by atoms with Gasteiger partial charge in [-0.15, -0.1) is 0 Å². The monoisotopic (exact) mass is 472 g/mol. The number of hydrogen-bond donors (Lipinski definition) is 9. The van der Waals surface area contributed by atoms with Gasteiger partial charge in [0.15, 0.2) is 12.6 Å². The topological polar surface area (TPSA) is 274 Å². The smallest absolute Gasteiger partial charge is 0.186 e. The van der Waals surface area contributed by atoms with Gasteiger partial charge in [0.2, 0.25) is 0 Å². The first kappa shape index (κ1) is 28.8. The van der Waals surface area contributed by atoms with Crippen molar-refractivity contribution in [2.24, 2.45) is 10.8 Å². The van der Waals surface area contributed by atoms with E-state index in [9.17, 15) is 30.6 Å². The number of hydrogen-bond acceptors (Lipinski definition) is 14. The summed E-state index contributed by atoms with van der Waals surface area (Å²) in [6.07, 6.45) is -12.6. The third-order valence-electron chi connectivity index (χ3n) is 4.63. The molecule has 16 nitrogen and oxygen atoms in total. The van der Waals surface area contributed by atoms with Crippen molar-refractivity contribution in [3.63, 3.8) is 0 Å². The summed E-state index contributed by atoms with van der Waals surface area (Å²) in [4.78, 5) is 2.51. The highest BCUT2D eigenvalue weighted by molar-refractivity contribution is 4.89. The van der Waals surface area contributed by atoms with E-state index in [1.54, 1.807) is 0 Å². The Morgan fingerprint density at radius 3 is 1.56 bits per heavy atom.